The predicted molar refractivity (Wildman–Crippen MR) is 151 cm³/mol. The van der Waals surface area contributed by atoms with Crippen LogP contribution in [0.15, 0.2) is 60.9 Å². The number of carbonyl (C=O) groups is 3. The van der Waals surface area contributed by atoms with Gasteiger partial charge in [0.25, 0.3) is 0 Å². The van der Waals surface area contributed by atoms with Gasteiger partial charge in [0, 0.05) is 17.0 Å². The zero-order valence-electron chi connectivity index (χ0n) is 23.6. The monoisotopic (exact) mass is 581 g/mol. The van der Waals surface area contributed by atoms with E-state index in [9.17, 15) is 19.6 Å². The fraction of sp³-hybridized carbons (Fsp3) is 0.290. The van der Waals surface area contributed by atoms with Gasteiger partial charge in [0.1, 0.15) is 17.5 Å². The molecule has 5 aromatic rings. The van der Waals surface area contributed by atoms with E-state index < -0.39 is 24.0 Å². The average Bonchev–Trinajstić information content (AvgIpc) is 3.66. The van der Waals surface area contributed by atoms with Gasteiger partial charge >= 0.3 is 5.97 Å². The van der Waals surface area contributed by atoms with Gasteiger partial charge in [0.2, 0.25) is 17.1 Å². The van der Waals surface area contributed by atoms with Crippen LogP contribution in [0.1, 0.15) is 58.4 Å². The molecule has 0 unspecified atom stereocenters. The quantitative estimate of drug-likeness (QED) is 0.165. The molecule has 2 atom stereocenters. The summed E-state index contributed by atoms with van der Waals surface area (Å²) in [5.41, 5.74) is 2.28. The number of benzene rings is 2. The molecule has 0 bridgehead atoms. The van der Waals surface area contributed by atoms with E-state index in [-0.39, 0.29) is 53.6 Å². The van der Waals surface area contributed by atoms with Crippen molar-refractivity contribution < 1.29 is 33.3 Å². The maximum absolute atomic E-state index is 14.2. The van der Waals surface area contributed by atoms with E-state index in [2.05, 4.69) is 10.3 Å². The minimum absolute atomic E-state index is 0.0814. The third-order valence-corrected chi connectivity index (χ3v) is 7.79. The van der Waals surface area contributed by atoms with Crippen LogP contribution < -0.4 is 4.73 Å². The van der Waals surface area contributed by atoms with Crippen LogP contribution in [0, 0.1) is 5.21 Å². The molecule has 0 amide bonds. The van der Waals surface area contributed by atoms with Crippen LogP contribution in [0.5, 0.6) is 0 Å². The SMILES string of the molecule is CCOC(=O)[C@@H]1OC(C)(C)O[C@H]1Cn1cc(Cn2c3c(c4ccccc42)C(=O)c2c[n+]([O-])c4ccccc4c2C3=O)nn1. The fourth-order valence-corrected chi connectivity index (χ4v) is 6.12. The van der Waals surface area contributed by atoms with Gasteiger partial charge in [-0.25, -0.2) is 9.48 Å². The number of nitrogens with zero attached hydrogens (tertiary/aromatic N) is 5. The molecule has 43 heavy (non-hydrogen) atoms. The zero-order chi connectivity index (χ0) is 30.0. The molecule has 3 aromatic heterocycles. The Morgan fingerprint density at radius 3 is 2.58 bits per heavy atom. The lowest BCUT2D eigenvalue weighted by Crippen LogP contribution is -2.36. The van der Waals surface area contributed by atoms with Crippen molar-refractivity contribution in [3.05, 3.63) is 94.2 Å². The van der Waals surface area contributed by atoms with E-state index in [4.69, 9.17) is 14.2 Å². The highest BCUT2D eigenvalue weighted by Crippen LogP contribution is 2.37. The highest BCUT2D eigenvalue weighted by molar-refractivity contribution is 6.34. The lowest BCUT2D eigenvalue weighted by atomic mass is 9.85. The van der Waals surface area contributed by atoms with Crippen LogP contribution in [0.3, 0.4) is 0 Å². The summed E-state index contributed by atoms with van der Waals surface area (Å²) in [5.74, 6) is -2.22. The van der Waals surface area contributed by atoms with Gasteiger partial charge in [0.05, 0.1) is 48.0 Å². The number of pyridine rings is 1. The predicted octanol–water partition coefficient (Wildman–Crippen LogP) is 2.93. The molecule has 218 valence electrons. The standard InChI is InChI=1S/C31H27N5O7/c1-4-41-30(39)29-23(42-31(2,3)43-29)16-34-13-17(32-33-34)14-35-21-11-7-5-9-18(21)25-26(35)28(38)24-19-10-6-8-12-22(19)36(40)15-20(24)27(25)37/h5-13,15,23,29H,4,14,16H2,1-3H3/t23-,29+/m0/s1. The molecule has 4 heterocycles. The smallest absolute Gasteiger partial charge is 0.338 e. The molecule has 1 aliphatic heterocycles. The van der Waals surface area contributed by atoms with Crippen molar-refractivity contribution in [1.29, 1.82) is 0 Å². The van der Waals surface area contributed by atoms with E-state index in [1.54, 1.807) is 72.6 Å². The second kappa shape index (κ2) is 9.82. The number of rotatable bonds is 6. The van der Waals surface area contributed by atoms with Gasteiger partial charge < -0.3 is 24.0 Å². The maximum atomic E-state index is 14.2. The molecule has 2 aromatic carbocycles. The number of esters is 1. The fourth-order valence-electron chi connectivity index (χ4n) is 6.12. The Hall–Kier alpha value is -4.94. The van der Waals surface area contributed by atoms with Gasteiger partial charge in [-0.15, -0.1) is 5.10 Å². The van der Waals surface area contributed by atoms with Crippen molar-refractivity contribution in [2.45, 2.75) is 51.9 Å². The van der Waals surface area contributed by atoms with Gasteiger partial charge in [0.15, 0.2) is 18.1 Å². The first kappa shape index (κ1) is 26.9. The molecule has 1 aliphatic carbocycles. The lowest BCUT2D eigenvalue weighted by molar-refractivity contribution is -0.577. The first-order valence-corrected chi connectivity index (χ1v) is 13.9. The second-order valence-electron chi connectivity index (χ2n) is 11.0. The number of ether oxygens (including phenoxy) is 3. The Labute approximate surface area is 244 Å². The summed E-state index contributed by atoms with van der Waals surface area (Å²) < 4.78 is 20.9. The summed E-state index contributed by atoms with van der Waals surface area (Å²) in [6, 6.07) is 14.0. The first-order chi connectivity index (χ1) is 20.7. The van der Waals surface area contributed by atoms with Gasteiger partial charge in [-0.05, 0) is 32.9 Å². The molecule has 0 N–H and O–H groups in total. The molecular weight excluding hydrogens is 554 g/mol. The Balaban J connectivity index is 1.27. The Morgan fingerprint density at radius 2 is 1.79 bits per heavy atom. The maximum Gasteiger partial charge on any atom is 0.338 e. The number of aromatic nitrogens is 5. The summed E-state index contributed by atoms with van der Waals surface area (Å²) in [5, 5.41) is 22.3. The molecule has 2 aliphatic rings. The number of hydrogen-bond donors (Lipinski definition) is 0. The highest BCUT2D eigenvalue weighted by atomic mass is 16.8. The van der Waals surface area contributed by atoms with E-state index in [1.807, 2.05) is 12.1 Å². The topological polar surface area (TPSA) is 141 Å². The number of ketones is 2. The van der Waals surface area contributed by atoms with E-state index in [1.165, 1.54) is 6.20 Å². The van der Waals surface area contributed by atoms with Crippen LogP contribution in [0.2, 0.25) is 0 Å². The van der Waals surface area contributed by atoms with Crippen molar-refractivity contribution in [3.8, 4) is 0 Å². The van der Waals surface area contributed by atoms with Gasteiger partial charge in [-0.1, -0.05) is 35.5 Å². The van der Waals surface area contributed by atoms with Crippen molar-refractivity contribution in [2.75, 3.05) is 6.61 Å². The summed E-state index contributed by atoms with van der Waals surface area (Å²) in [7, 11) is 0. The Morgan fingerprint density at radius 1 is 1.05 bits per heavy atom. The largest absolute Gasteiger partial charge is 0.618 e. The molecule has 1 saturated heterocycles. The minimum atomic E-state index is -0.979. The van der Waals surface area contributed by atoms with Crippen LogP contribution in [-0.2, 0) is 32.1 Å². The number of fused-ring (bicyclic) bond motifs is 6. The van der Waals surface area contributed by atoms with E-state index in [0.29, 0.717) is 32.2 Å². The molecule has 0 saturated carbocycles. The Bertz CT molecular complexity index is 1970. The molecule has 7 rings (SSSR count). The Kier molecular flexibility index (Phi) is 6.15. The van der Waals surface area contributed by atoms with Crippen molar-refractivity contribution in [3.63, 3.8) is 0 Å². The number of carbonyl (C=O) groups excluding carboxylic acids is 3. The third kappa shape index (κ3) is 4.29. The average molecular weight is 582 g/mol. The summed E-state index contributed by atoms with van der Waals surface area (Å²) in [4.78, 5) is 40.6. The molecule has 12 heteroatoms. The molecule has 0 spiro atoms. The van der Waals surface area contributed by atoms with E-state index in [0.717, 1.165) is 0 Å². The summed E-state index contributed by atoms with van der Waals surface area (Å²) in [6.45, 7) is 5.71. The first-order valence-electron chi connectivity index (χ1n) is 13.9. The third-order valence-electron chi connectivity index (χ3n) is 7.79. The number of hydrogen-bond acceptors (Lipinski definition) is 9. The van der Waals surface area contributed by atoms with Crippen molar-refractivity contribution in [1.82, 2.24) is 19.6 Å². The van der Waals surface area contributed by atoms with Crippen molar-refractivity contribution >= 4 is 39.3 Å². The number of para-hydroxylation sites is 2. The lowest BCUT2D eigenvalue weighted by Gasteiger charge is -2.18. The van der Waals surface area contributed by atoms with Crippen LogP contribution in [0.4, 0.5) is 0 Å². The van der Waals surface area contributed by atoms with Gasteiger partial charge in [-0.2, -0.15) is 4.73 Å². The normalized spacial score (nSPS) is 19.1. The summed E-state index contributed by atoms with van der Waals surface area (Å²) >= 11 is 0. The second-order valence-corrected chi connectivity index (χ2v) is 11.0. The van der Waals surface area contributed by atoms with Gasteiger partial charge in [-0.3, -0.25) is 9.59 Å². The van der Waals surface area contributed by atoms with Crippen LogP contribution in [0.25, 0.3) is 21.8 Å². The highest BCUT2D eigenvalue weighted by Gasteiger charge is 2.46. The van der Waals surface area contributed by atoms with E-state index >= 15 is 0 Å². The zero-order valence-corrected chi connectivity index (χ0v) is 23.6. The molecule has 0 radical (unpaired) electrons. The van der Waals surface area contributed by atoms with Crippen LogP contribution in [-0.4, -0.2) is 61.7 Å². The summed E-state index contributed by atoms with van der Waals surface area (Å²) in [6.07, 6.45) is 1.32. The molecule has 1 fully saturated rings. The van der Waals surface area contributed by atoms with Crippen LogP contribution >= 0.6 is 0 Å². The molecule has 12 nitrogen and oxygen atoms in total. The minimum Gasteiger partial charge on any atom is -0.618 e. The molecular formula is C31H27N5O7. The van der Waals surface area contributed by atoms with Crippen molar-refractivity contribution in [2.24, 2.45) is 0 Å².